The van der Waals surface area contributed by atoms with Crippen molar-refractivity contribution in [2.75, 3.05) is 5.43 Å². The van der Waals surface area contributed by atoms with Crippen LogP contribution in [0.3, 0.4) is 0 Å². The molecule has 0 radical (unpaired) electrons. The van der Waals surface area contributed by atoms with Gasteiger partial charge in [0.15, 0.2) is 0 Å². The summed E-state index contributed by atoms with van der Waals surface area (Å²) in [4.78, 5) is 0. The molecule has 0 amide bonds. The molecule has 92 valence electrons. The summed E-state index contributed by atoms with van der Waals surface area (Å²) in [5, 5.41) is 5.04. The van der Waals surface area contributed by atoms with Gasteiger partial charge in [-0.05, 0) is 36.4 Å². The Bertz CT molecular complexity index is 547. The van der Waals surface area contributed by atoms with Crippen LogP contribution in [0.5, 0.6) is 0 Å². The number of nitrogens with one attached hydrogen (secondary N) is 1. The first-order valence-corrected chi connectivity index (χ1v) is 5.91. The van der Waals surface area contributed by atoms with Crippen LogP contribution in [0.1, 0.15) is 5.56 Å². The zero-order valence-corrected chi connectivity index (χ0v) is 10.7. The summed E-state index contributed by atoms with van der Waals surface area (Å²) < 4.78 is 12.7. The molecule has 0 heterocycles. The number of hydrogen-bond donors (Lipinski definition) is 1. The highest BCUT2D eigenvalue weighted by molar-refractivity contribution is 6.38. The zero-order valence-electron chi connectivity index (χ0n) is 9.20. The molecule has 0 bridgehead atoms. The van der Waals surface area contributed by atoms with Crippen LogP contribution in [0.25, 0.3) is 0 Å². The molecule has 1 N–H and O–H groups in total. The lowest BCUT2D eigenvalue weighted by molar-refractivity contribution is 0.628. The van der Waals surface area contributed by atoms with Gasteiger partial charge in [-0.2, -0.15) is 5.10 Å². The normalized spacial score (nSPS) is 10.8. The fourth-order valence-corrected chi connectivity index (χ4v) is 1.82. The lowest BCUT2D eigenvalue weighted by atomic mass is 10.2. The van der Waals surface area contributed by atoms with E-state index in [-0.39, 0.29) is 5.82 Å². The number of anilines is 1. The van der Waals surface area contributed by atoms with Crippen LogP contribution in [0.4, 0.5) is 10.1 Å². The molecule has 0 fully saturated rings. The lowest BCUT2D eigenvalue weighted by Gasteiger charge is -2.02. The molecule has 18 heavy (non-hydrogen) atoms. The van der Waals surface area contributed by atoms with Gasteiger partial charge in [0.05, 0.1) is 21.9 Å². The first-order valence-electron chi connectivity index (χ1n) is 5.15. The van der Waals surface area contributed by atoms with Crippen molar-refractivity contribution in [3.63, 3.8) is 0 Å². The third-order valence-corrected chi connectivity index (χ3v) is 2.89. The van der Waals surface area contributed by atoms with Crippen LogP contribution in [0.2, 0.25) is 10.0 Å². The number of halogens is 3. The second kappa shape index (κ2) is 5.85. The second-order valence-corrected chi connectivity index (χ2v) is 4.33. The highest BCUT2D eigenvalue weighted by atomic mass is 35.5. The van der Waals surface area contributed by atoms with E-state index in [1.54, 1.807) is 30.3 Å². The Morgan fingerprint density at radius 2 is 1.61 bits per heavy atom. The molecule has 0 aliphatic heterocycles. The Morgan fingerprint density at radius 3 is 2.22 bits per heavy atom. The van der Waals surface area contributed by atoms with Crippen molar-refractivity contribution >= 4 is 35.1 Å². The summed E-state index contributed by atoms with van der Waals surface area (Å²) in [5.74, 6) is -0.293. The Kier molecular flexibility index (Phi) is 4.18. The summed E-state index contributed by atoms with van der Waals surface area (Å²) in [6.07, 6.45) is 1.52. The highest BCUT2D eigenvalue weighted by Crippen LogP contribution is 2.22. The van der Waals surface area contributed by atoms with E-state index in [1.807, 2.05) is 0 Å². The van der Waals surface area contributed by atoms with E-state index in [2.05, 4.69) is 10.5 Å². The van der Waals surface area contributed by atoms with Crippen LogP contribution in [-0.4, -0.2) is 6.21 Å². The molecule has 0 aliphatic rings. The highest BCUT2D eigenvalue weighted by Gasteiger charge is 2.01. The van der Waals surface area contributed by atoms with Crippen LogP contribution in [-0.2, 0) is 0 Å². The lowest BCUT2D eigenvalue weighted by Crippen LogP contribution is -1.92. The van der Waals surface area contributed by atoms with E-state index in [9.17, 15) is 4.39 Å². The molecule has 0 saturated heterocycles. The van der Waals surface area contributed by atoms with Gasteiger partial charge < -0.3 is 0 Å². The van der Waals surface area contributed by atoms with E-state index in [1.165, 1.54) is 18.3 Å². The molecule has 0 spiro atoms. The van der Waals surface area contributed by atoms with E-state index < -0.39 is 0 Å². The Labute approximate surface area is 114 Å². The Balaban J connectivity index is 2.10. The van der Waals surface area contributed by atoms with Crippen molar-refractivity contribution in [3.05, 3.63) is 63.9 Å². The van der Waals surface area contributed by atoms with Gasteiger partial charge in [0, 0.05) is 5.56 Å². The molecule has 0 atom stereocenters. The average Bonchev–Trinajstić information content (AvgIpc) is 2.35. The summed E-state index contributed by atoms with van der Waals surface area (Å²) in [6, 6.07) is 11.1. The van der Waals surface area contributed by atoms with E-state index >= 15 is 0 Å². The summed E-state index contributed by atoms with van der Waals surface area (Å²) >= 11 is 12.0. The number of hydrogen-bond acceptors (Lipinski definition) is 2. The van der Waals surface area contributed by atoms with Crippen molar-refractivity contribution in [1.82, 2.24) is 0 Å². The Morgan fingerprint density at radius 1 is 1.00 bits per heavy atom. The maximum absolute atomic E-state index is 12.7. The van der Waals surface area contributed by atoms with Crippen molar-refractivity contribution in [2.24, 2.45) is 5.10 Å². The first kappa shape index (κ1) is 12.9. The molecule has 2 aromatic rings. The van der Waals surface area contributed by atoms with Crippen LogP contribution < -0.4 is 5.43 Å². The maximum atomic E-state index is 12.7. The van der Waals surface area contributed by atoms with Crippen LogP contribution >= 0.6 is 23.2 Å². The molecule has 2 aromatic carbocycles. The monoisotopic (exact) mass is 282 g/mol. The smallest absolute Gasteiger partial charge is 0.123 e. The summed E-state index contributed by atoms with van der Waals surface area (Å²) in [7, 11) is 0. The predicted molar refractivity (Wildman–Crippen MR) is 74.1 cm³/mol. The maximum Gasteiger partial charge on any atom is 0.123 e. The fourth-order valence-electron chi connectivity index (χ4n) is 1.33. The quantitative estimate of drug-likeness (QED) is 0.647. The minimum absolute atomic E-state index is 0.293. The van der Waals surface area contributed by atoms with Gasteiger partial charge >= 0.3 is 0 Å². The topological polar surface area (TPSA) is 24.4 Å². The van der Waals surface area contributed by atoms with E-state index in [4.69, 9.17) is 23.2 Å². The van der Waals surface area contributed by atoms with Gasteiger partial charge in [-0.1, -0.05) is 29.3 Å². The minimum Gasteiger partial charge on any atom is -0.278 e. The minimum atomic E-state index is -0.293. The van der Waals surface area contributed by atoms with Gasteiger partial charge in [0.25, 0.3) is 0 Å². The molecule has 0 unspecified atom stereocenters. The number of hydrazone groups is 1. The van der Waals surface area contributed by atoms with Gasteiger partial charge in [0.1, 0.15) is 5.82 Å². The first-order chi connectivity index (χ1) is 8.66. The predicted octanol–water partition coefficient (Wildman–Crippen LogP) is 4.58. The molecular weight excluding hydrogens is 274 g/mol. The van der Waals surface area contributed by atoms with Gasteiger partial charge in [-0.3, -0.25) is 5.43 Å². The average molecular weight is 283 g/mol. The van der Waals surface area contributed by atoms with Crippen molar-refractivity contribution in [2.45, 2.75) is 0 Å². The molecular formula is C13H9Cl2FN2. The largest absolute Gasteiger partial charge is 0.278 e. The van der Waals surface area contributed by atoms with Gasteiger partial charge in [0.2, 0.25) is 0 Å². The third-order valence-electron chi connectivity index (χ3n) is 2.23. The van der Waals surface area contributed by atoms with Gasteiger partial charge in [-0.15, -0.1) is 0 Å². The van der Waals surface area contributed by atoms with E-state index in [0.717, 1.165) is 0 Å². The standard InChI is InChI=1S/C13H9Cl2FN2/c14-12-2-1-3-13(15)11(12)8-17-18-10-6-4-9(16)5-7-10/h1-8,18H/b17-8+. The second-order valence-electron chi connectivity index (χ2n) is 3.51. The molecule has 0 aromatic heterocycles. The molecule has 2 nitrogen and oxygen atoms in total. The van der Waals surface area contributed by atoms with Crippen LogP contribution in [0, 0.1) is 5.82 Å². The number of benzene rings is 2. The van der Waals surface area contributed by atoms with Gasteiger partial charge in [-0.25, -0.2) is 4.39 Å². The molecule has 5 heteroatoms. The van der Waals surface area contributed by atoms with E-state index in [0.29, 0.717) is 21.3 Å². The molecule has 2 rings (SSSR count). The summed E-state index contributed by atoms with van der Waals surface area (Å²) in [6.45, 7) is 0. The molecule has 0 aliphatic carbocycles. The fraction of sp³-hybridized carbons (Fsp3) is 0. The Hall–Kier alpha value is -1.58. The van der Waals surface area contributed by atoms with Crippen molar-refractivity contribution < 1.29 is 4.39 Å². The summed E-state index contributed by atoms with van der Waals surface area (Å²) in [5.41, 5.74) is 4.07. The number of rotatable bonds is 3. The SMILES string of the molecule is Fc1ccc(N/N=C/c2c(Cl)cccc2Cl)cc1. The van der Waals surface area contributed by atoms with Crippen molar-refractivity contribution in [3.8, 4) is 0 Å². The van der Waals surface area contributed by atoms with Crippen molar-refractivity contribution in [1.29, 1.82) is 0 Å². The number of nitrogens with zero attached hydrogens (tertiary/aromatic N) is 1. The third kappa shape index (κ3) is 3.22. The van der Waals surface area contributed by atoms with Crippen LogP contribution in [0.15, 0.2) is 47.6 Å². The zero-order chi connectivity index (χ0) is 13.0. The molecule has 0 saturated carbocycles.